The highest BCUT2D eigenvalue weighted by Gasteiger charge is 2.26. The van der Waals surface area contributed by atoms with Crippen molar-refractivity contribution in [3.63, 3.8) is 0 Å². The van der Waals surface area contributed by atoms with Crippen LogP contribution in [-0.4, -0.2) is 128 Å². The minimum absolute atomic E-state index is 0.192. The Morgan fingerprint density at radius 3 is 1.11 bits per heavy atom. The fraction of sp³-hybridized carbons (Fsp3) is 0.165. The normalized spacial score (nSPS) is 12.1. The monoisotopic (exact) mass is 1770 g/mol. The van der Waals surface area contributed by atoms with Crippen LogP contribution in [-0.2, 0) is 61.9 Å². The van der Waals surface area contributed by atoms with E-state index in [9.17, 15) is 51.2 Å². The number of hydrogen-bond acceptors (Lipinski definition) is 19. The predicted octanol–water partition coefficient (Wildman–Crippen LogP) is 15.7. The van der Waals surface area contributed by atoms with Crippen LogP contribution in [0, 0.1) is 12.7 Å². The lowest BCUT2D eigenvalue weighted by Crippen LogP contribution is -2.35. The van der Waals surface area contributed by atoms with Crippen LogP contribution in [0.25, 0.3) is 97.5 Å². The topological polar surface area (TPSA) is 338 Å². The molecule has 0 aliphatic carbocycles. The van der Waals surface area contributed by atoms with Crippen LogP contribution in [0.2, 0.25) is 0 Å². The van der Waals surface area contributed by atoms with Gasteiger partial charge in [0.15, 0.2) is 17.3 Å². The van der Waals surface area contributed by atoms with Crippen molar-refractivity contribution in [2.45, 2.75) is 82.9 Å². The van der Waals surface area contributed by atoms with Gasteiger partial charge in [-0.1, -0.05) is 176 Å². The van der Waals surface area contributed by atoms with Crippen molar-refractivity contribution in [2.24, 2.45) is 0 Å². The van der Waals surface area contributed by atoms with Gasteiger partial charge in [0.05, 0.1) is 73.8 Å². The molecule has 24 nitrogen and oxygen atoms in total. The summed E-state index contributed by atoms with van der Waals surface area (Å²) in [5, 5.41) is 38.7. The number of fused-ring (bicyclic) bond motifs is 5. The number of rotatable bonds is 25. The van der Waals surface area contributed by atoms with Crippen molar-refractivity contribution < 1.29 is 52.5 Å². The van der Waals surface area contributed by atoms with Gasteiger partial charge in [0, 0.05) is 71.1 Å². The highest BCUT2D eigenvalue weighted by Crippen LogP contribution is 2.35. The molecule has 6 heterocycles. The van der Waals surface area contributed by atoms with E-state index in [4.69, 9.17) is 20.5 Å². The Morgan fingerprint density at radius 1 is 0.385 bits per heavy atom. The number of carbonyl (C=O) groups is 4. The van der Waals surface area contributed by atoms with Crippen molar-refractivity contribution in [1.82, 2.24) is 48.0 Å². The van der Waals surface area contributed by atoms with Crippen LogP contribution >= 0.6 is 11.3 Å². The van der Waals surface area contributed by atoms with E-state index in [-0.39, 0.29) is 44.7 Å². The molecule has 1 aliphatic heterocycles. The summed E-state index contributed by atoms with van der Waals surface area (Å²) in [6, 6.07) is 83.3. The van der Waals surface area contributed by atoms with Crippen LogP contribution in [0.5, 0.6) is 0 Å². The number of nitrogens with zero attached hydrogens (tertiary/aromatic N) is 9. The summed E-state index contributed by atoms with van der Waals surface area (Å²) in [5.74, 6) is -2.25. The second-order valence-electron chi connectivity index (χ2n) is 31.4. The van der Waals surface area contributed by atoms with Crippen LogP contribution in [0.3, 0.4) is 0 Å². The van der Waals surface area contributed by atoms with E-state index in [1.54, 1.807) is 103 Å². The average Bonchev–Trinajstić information content (AvgIpc) is 1.18. The van der Waals surface area contributed by atoms with Crippen LogP contribution in [0.1, 0.15) is 88.5 Å². The van der Waals surface area contributed by atoms with E-state index in [1.165, 1.54) is 91.1 Å². The molecule has 0 atom stereocenters. The quantitative estimate of drug-likeness (QED) is 0.0202. The van der Waals surface area contributed by atoms with Crippen LogP contribution < -0.4 is 27.7 Å². The number of aliphatic hydroxyl groups excluding tert-OH is 3. The molecule has 12 aromatic carbocycles. The summed E-state index contributed by atoms with van der Waals surface area (Å²) in [5.41, 5.74) is 16.6. The van der Waals surface area contributed by atoms with Gasteiger partial charge in [-0.15, -0.1) is 11.3 Å². The number of aryl methyl sites for hydroxylation is 9. The SMILES string of the molecule is Cc1ccc(-c2cccc(CCn3cnc4ccc(C(=O)CO)cc4c3=O)c2)cc1.O=C(CO)c1ccc2ncn(CCc3cccc(-c4ccc(F)cc4)c3)c(=O)c2c1.O=C(CO)c1ccc2ncn(CCc3cccc(-c4ccc(S(=O)(=O)N5CCCCC5)cc4)c3)c(=O)c2c1.O=C(NO)c1ccc2ncn(CCc3cccc(-c4cc5ccccc5s4)c3)c(=O)c2c1. The molecular weight excluding hydrogens is 1680 g/mol. The van der Waals surface area contributed by atoms with E-state index in [2.05, 4.69) is 106 Å². The molecule has 1 fully saturated rings. The summed E-state index contributed by atoms with van der Waals surface area (Å²) in [6.07, 6.45) is 11.5. The number of thiophene rings is 1. The molecule has 130 heavy (non-hydrogen) atoms. The first-order chi connectivity index (χ1) is 63.1. The van der Waals surface area contributed by atoms with Crippen LogP contribution in [0.15, 0.2) is 322 Å². The molecule has 1 amide bonds. The molecule has 1 saturated heterocycles. The first kappa shape index (κ1) is 90.1. The number of halogens is 1. The molecule has 5 aromatic heterocycles. The van der Waals surface area contributed by atoms with Gasteiger partial charge >= 0.3 is 0 Å². The van der Waals surface area contributed by atoms with Crippen molar-refractivity contribution >= 4 is 98.3 Å². The van der Waals surface area contributed by atoms with Crippen molar-refractivity contribution in [1.29, 1.82) is 0 Å². The van der Waals surface area contributed by atoms with Crippen molar-refractivity contribution in [3.8, 4) is 43.8 Å². The number of sulfonamides is 1. The number of aromatic nitrogens is 8. The minimum Gasteiger partial charge on any atom is -0.388 e. The van der Waals surface area contributed by atoms with E-state index in [0.29, 0.717) is 119 Å². The smallest absolute Gasteiger partial charge is 0.274 e. The first-order valence-corrected chi connectivity index (χ1v) is 44.5. The van der Waals surface area contributed by atoms with Crippen molar-refractivity contribution in [3.05, 3.63) is 396 Å². The van der Waals surface area contributed by atoms with E-state index < -0.39 is 53.1 Å². The number of ketones is 3. The maximum atomic E-state index is 13.2. The van der Waals surface area contributed by atoms with Gasteiger partial charge in [-0.05, 0) is 221 Å². The predicted molar refractivity (Wildman–Crippen MR) is 503 cm³/mol. The van der Waals surface area contributed by atoms with Gasteiger partial charge in [0.1, 0.15) is 25.6 Å². The maximum Gasteiger partial charge on any atom is 0.274 e. The molecule has 27 heteroatoms. The van der Waals surface area contributed by atoms with Crippen molar-refractivity contribution in [2.75, 3.05) is 32.9 Å². The third-order valence-electron chi connectivity index (χ3n) is 22.7. The Labute approximate surface area is 749 Å². The third kappa shape index (κ3) is 21.4. The number of aliphatic hydroxyl groups is 3. The average molecular weight is 1770 g/mol. The van der Waals surface area contributed by atoms with Gasteiger partial charge in [0.2, 0.25) is 10.0 Å². The Morgan fingerprint density at radius 2 is 0.731 bits per heavy atom. The van der Waals surface area contributed by atoms with Gasteiger partial charge in [-0.25, -0.2) is 38.2 Å². The highest BCUT2D eigenvalue weighted by molar-refractivity contribution is 7.89. The summed E-state index contributed by atoms with van der Waals surface area (Å²) in [7, 11) is -3.47. The Balaban J connectivity index is 0.000000134. The van der Waals surface area contributed by atoms with E-state index >= 15 is 0 Å². The summed E-state index contributed by atoms with van der Waals surface area (Å²) in [6.45, 7) is 3.18. The summed E-state index contributed by atoms with van der Waals surface area (Å²) < 4.78 is 48.0. The Kier molecular flexibility index (Phi) is 28.7. The number of carbonyl (C=O) groups excluding carboxylic acids is 4. The largest absolute Gasteiger partial charge is 0.388 e. The molecule has 0 unspecified atom stereocenters. The molecule has 0 saturated carbocycles. The molecular formula is C103H89FN10O14S2. The fourth-order valence-electron chi connectivity index (χ4n) is 15.5. The molecule has 654 valence electrons. The lowest BCUT2D eigenvalue weighted by molar-refractivity contribution is 0.0706. The highest BCUT2D eigenvalue weighted by atomic mass is 32.2. The molecule has 0 spiro atoms. The lowest BCUT2D eigenvalue weighted by atomic mass is 10.0. The number of amides is 1. The van der Waals surface area contributed by atoms with Gasteiger partial charge < -0.3 is 15.3 Å². The second-order valence-corrected chi connectivity index (χ2v) is 34.4. The number of hydroxylamine groups is 1. The second kappa shape index (κ2) is 41.4. The Bertz CT molecular complexity index is 7240. The molecule has 18 rings (SSSR count). The van der Waals surface area contributed by atoms with Gasteiger partial charge in [-0.3, -0.25) is 61.8 Å². The maximum absolute atomic E-state index is 13.2. The van der Waals surface area contributed by atoms with Gasteiger partial charge in [-0.2, -0.15) is 4.31 Å². The standard InChI is InChI=1S/C29H29N3O5S.C25H19N3O3S.C25H22N2O3.C24H19FN2O3/c33-19-28(34)24-9-12-27-26(18-24)29(35)31(20-30-27)16-13-21-5-4-6-23(17-21)22-7-10-25(11-8-22)38(36,37)32-14-2-1-3-15-32;29-24(27-31)19-8-9-21-20(13-19)25(30)28(15-26-21)11-10-16-4-3-6-17(12-16)23-14-18-5-1-2-7-22(18)32-23;1-17-5-7-19(8-6-17)20-4-2-3-18(13-20)11-12-27-16-26-23-10-9-21(24(29)15-28)14-22(23)25(27)30;25-20-7-4-17(5-8-20)18-3-1-2-16(12-18)10-11-27-15-26-22-9-6-19(23(29)14-28)13-21(22)24(27)30/h4-12,17-18,20,33H,1-3,13-16,19H2;1-9,12-15,31H,10-11H2,(H,27,29);2-10,13-14,16,28H,11-12,15H2,1H3;1-9,12-13,15,28H,10-11,14H2. The summed E-state index contributed by atoms with van der Waals surface area (Å²) >= 11 is 1.77. The molecule has 1 aliphatic rings. The van der Waals surface area contributed by atoms with E-state index in [1.807, 2.05) is 84.9 Å². The number of benzene rings is 12. The number of nitrogens with one attached hydrogen (secondary N) is 1. The molecule has 5 N–H and O–H groups in total. The Hall–Kier alpha value is -14.7. The number of Topliss-reactive ketones (excluding diaryl/α,β-unsaturated/α-hetero) is 3. The third-order valence-corrected chi connectivity index (χ3v) is 25.8. The number of hydrogen-bond donors (Lipinski definition) is 5. The van der Waals surface area contributed by atoms with Gasteiger partial charge in [0.25, 0.3) is 28.1 Å². The molecule has 17 aromatic rings. The zero-order valence-corrected chi connectivity index (χ0v) is 72.3. The minimum atomic E-state index is -3.47. The molecule has 0 bridgehead atoms. The molecule has 0 radical (unpaired) electrons. The first-order valence-electron chi connectivity index (χ1n) is 42.2. The number of piperidine rings is 1. The summed E-state index contributed by atoms with van der Waals surface area (Å²) in [4.78, 5) is 118. The zero-order chi connectivity index (χ0) is 91.0. The lowest BCUT2D eigenvalue weighted by Gasteiger charge is -2.25. The zero-order valence-electron chi connectivity index (χ0n) is 70.7. The van der Waals surface area contributed by atoms with Crippen LogP contribution in [0.4, 0.5) is 4.39 Å². The fourth-order valence-corrected chi connectivity index (χ4v) is 18.0. The van der Waals surface area contributed by atoms with E-state index in [0.717, 1.165) is 80.5 Å².